The SMILES string of the molecule is CCN1CCN(CC(=O)NCCNC(=O)C(C)C)C(=O)C1=O. The largest absolute Gasteiger partial charge is 0.354 e. The van der Waals surface area contributed by atoms with Gasteiger partial charge < -0.3 is 20.4 Å². The van der Waals surface area contributed by atoms with Crippen molar-refractivity contribution in [1.82, 2.24) is 20.4 Å². The number of nitrogens with zero attached hydrogens (tertiary/aromatic N) is 2. The summed E-state index contributed by atoms with van der Waals surface area (Å²) in [5.41, 5.74) is 0. The first-order chi connectivity index (χ1) is 10.4. The van der Waals surface area contributed by atoms with Crippen LogP contribution in [0.4, 0.5) is 0 Å². The van der Waals surface area contributed by atoms with Gasteiger partial charge in [-0.05, 0) is 6.92 Å². The van der Waals surface area contributed by atoms with E-state index in [9.17, 15) is 19.2 Å². The van der Waals surface area contributed by atoms with E-state index in [0.717, 1.165) is 0 Å². The van der Waals surface area contributed by atoms with E-state index in [4.69, 9.17) is 0 Å². The Morgan fingerprint density at radius 1 is 1.05 bits per heavy atom. The molecule has 1 heterocycles. The Morgan fingerprint density at radius 3 is 2.18 bits per heavy atom. The summed E-state index contributed by atoms with van der Waals surface area (Å²) in [4.78, 5) is 49.3. The maximum Gasteiger partial charge on any atom is 0.312 e. The molecular weight excluding hydrogens is 288 g/mol. The van der Waals surface area contributed by atoms with Crippen LogP contribution >= 0.6 is 0 Å². The van der Waals surface area contributed by atoms with E-state index in [0.29, 0.717) is 26.2 Å². The van der Waals surface area contributed by atoms with E-state index in [1.807, 2.05) is 0 Å². The Hall–Kier alpha value is -2.12. The molecule has 0 unspecified atom stereocenters. The quantitative estimate of drug-likeness (QED) is 0.444. The summed E-state index contributed by atoms with van der Waals surface area (Å²) >= 11 is 0. The standard InChI is InChI=1S/C14H24N4O4/c1-4-17-7-8-18(14(22)13(17)21)9-11(19)15-5-6-16-12(20)10(2)3/h10H,4-9H2,1-3H3,(H,15,19)(H,16,20). The molecular formula is C14H24N4O4. The number of rotatable bonds is 7. The summed E-state index contributed by atoms with van der Waals surface area (Å²) in [5.74, 6) is -1.73. The lowest BCUT2D eigenvalue weighted by molar-refractivity contribution is -0.156. The normalized spacial score (nSPS) is 15.3. The van der Waals surface area contributed by atoms with E-state index in [2.05, 4.69) is 10.6 Å². The average molecular weight is 312 g/mol. The molecule has 8 heteroatoms. The molecule has 0 atom stereocenters. The van der Waals surface area contributed by atoms with Crippen molar-refractivity contribution in [2.24, 2.45) is 5.92 Å². The van der Waals surface area contributed by atoms with Crippen LogP contribution in [-0.4, -0.2) is 72.7 Å². The molecule has 0 spiro atoms. The fourth-order valence-corrected chi connectivity index (χ4v) is 1.99. The molecule has 0 aromatic carbocycles. The predicted octanol–water partition coefficient (Wildman–Crippen LogP) is -1.43. The molecule has 4 amide bonds. The van der Waals surface area contributed by atoms with E-state index in [1.54, 1.807) is 20.8 Å². The second kappa shape index (κ2) is 8.35. The number of hydrogen-bond donors (Lipinski definition) is 2. The molecule has 2 N–H and O–H groups in total. The Morgan fingerprint density at radius 2 is 1.59 bits per heavy atom. The number of carbonyl (C=O) groups is 4. The van der Waals surface area contributed by atoms with Gasteiger partial charge in [-0.25, -0.2) is 0 Å². The van der Waals surface area contributed by atoms with Crippen LogP contribution in [0.15, 0.2) is 0 Å². The second-order valence-corrected chi connectivity index (χ2v) is 5.41. The van der Waals surface area contributed by atoms with Gasteiger partial charge in [-0.2, -0.15) is 0 Å². The molecule has 8 nitrogen and oxygen atoms in total. The van der Waals surface area contributed by atoms with Gasteiger partial charge in [0.05, 0.1) is 0 Å². The van der Waals surface area contributed by atoms with Crippen LogP contribution in [0.2, 0.25) is 0 Å². The fourth-order valence-electron chi connectivity index (χ4n) is 1.99. The molecule has 0 bridgehead atoms. The molecule has 1 fully saturated rings. The second-order valence-electron chi connectivity index (χ2n) is 5.41. The molecule has 1 aliphatic heterocycles. The van der Waals surface area contributed by atoms with Gasteiger partial charge in [0.15, 0.2) is 0 Å². The van der Waals surface area contributed by atoms with E-state index in [1.165, 1.54) is 9.80 Å². The predicted molar refractivity (Wildman–Crippen MR) is 79.7 cm³/mol. The van der Waals surface area contributed by atoms with Gasteiger partial charge in [-0.15, -0.1) is 0 Å². The van der Waals surface area contributed by atoms with Crippen molar-refractivity contribution >= 4 is 23.6 Å². The third-order valence-electron chi connectivity index (χ3n) is 3.38. The Kier molecular flexibility index (Phi) is 6.81. The smallest absolute Gasteiger partial charge is 0.312 e. The van der Waals surface area contributed by atoms with Crippen molar-refractivity contribution in [2.45, 2.75) is 20.8 Å². The summed E-state index contributed by atoms with van der Waals surface area (Å²) < 4.78 is 0. The molecule has 1 aliphatic rings. The molecule has 124 valence electrons. The Bertz CT molecular complexity index is 450. The van der Waals surface area contributed by atoms with Crippen LogP contribution in [0.1, 0.15) is 20.8 Å². The van der Waals surface area contributed by atoms with Crippen molar-refractivity contribution in [3.63, 3.8) is 0 Å². The maximum absolute atomic E-state index is 11.8. The van der Waals surface area contributed by atoms with Crippen molar-refractivity contribution in [3.05, 3.63) is 0 Å². The first-order valence-corrected chi connectivity index (χ1v) is 7.49. The van der Waals surface area contributed by atoms with Crippen LogP contribution in [0, 0.1) is 5.92 Å². The summed E-state index contributed by atoms with van der Waals surface area (Å²) in [6, 6.07) is 0. The number of amides is 4. The van der Waals surface area contributed by atoms with Gasteiger partial charge in [0, 0.05) is 38.6 Å². The van der Waals surface area contributed by atoms with Gasteiger partial charge in [0.2, 0.25) is 11.8 Å². The minimum absolute atomic E-state index is 0.0780. The summed E-state index contributed by atoms with van der Waals surface area (Å²) in [6.07, 6.45) is 0. The van der Waals surface area contributed by atoms with E-state index in [-0.39, 0.29) is 30.8 Å². The van der Waals surface area contributed by atoms with Gasteiger partial charge in [-0.3, -0.25) is 19.2 Å². The first kappa shape index (κ1) is 17.9. The first-order valence-electron chi connectivity index (χ1n) is 7.49. The Balaban J connectivity index is 2.29. The third-order valence-corrected chi connectivity index (χ3v) is 3.38. The molecule has 0 radical (unpaired) electrons. The van der Waals surface area contributed by atoms with Crippen LogP contribution in [0.25, 0.3) is 0 Å². The lowest BCUT2D eigenvalue weighted by atomic mass is 10.2. The summed E-state index contributed by atoms with van der Waals surface area (Å²) in [7, 11) is 0. The zero-order valence-electron chi connectivity index (χ0n) is 13.3. The topological polar surface area (TPSA) is 98.8 Å². The molecule has 0 aromatic heterocycles. The highest BCUT2D eigenvalue weighted by Crippen LogP contribution is 2.04. The van der Waals surface area contributed by atoms with E-state index < -0.39 is 11.8 Å². The van der Waals surface area contributed by atoms with Crippen LogP contribution in [0.3, 0.4) is 0 Å². The minimum atomic E-state index is -0.642. The fraction of sp³-hybridized carbons (Fsp3) is 0.714. The average Bonchev–Trinajstić information content (AvgIpc) is 2.48. The highest BCUT2D eigenvalue weighted by molar-refractivity contribution is 6.35. The van der Waals surface area contributed by atoms with Gasteiger partial charge >= 0.3 is 11.8 Å². The molecule has 1 rings (SSSR count). The number of hydrogen-bond acceptors (Lipinski definition) is 4. The molecule has 0 saturated carbocycles. The third kappa shape index (κ3) is 5.01. The van der Waals surface area contributed by atoms with Crippen molar-refractivity contribution in [3.8, 4) is 0 Å². The molecule has 0 aliphatic carbocycles. The molecule has 0 aromatic rings. The van der Waals surface area contributed by atoms with Crippen LogP contribution in [0.5, 0.6) is 0 Å². The molecule has 22 heavy (non-hydrogen) atoms. The summed E-state index contributed by atoms with van der Waals surface area (Å²) in [5, 5.41) is 5.29. The van der Waals surface area contributed by atoms with Crippen LogP contribution in [-0.2, 0) is 19.2 Å². The number of likely N-dealkylation sites (N-methyl/N-ethyl adjacent to an activating group) is 1. The lowest BCUT2D eigenvalue weighted by Gasteiger charge is -2.32. The Labute approximate surface area is 130 Å². The van der Waals surface area contributed by atoms with Crippen molar-refractivity contribution in [1.29, 1.82) is 0 Å². The van der Waals surface area contributed by atoms with Crippen LogP contribution < -0.4 is 10.6 Å². The number of carbonyl (C=O) groups excluding carboxylic acids is 4. The highest BCUT2D eigenvalue weighted by Gasteiger charge is 2.32. The monoisotopic (exact) mass is 312 g/mol. The lowest BCUT2D eigenvalue weighted by Crippen LogP contribution is -2.56. The maximum atomic E-state index is 11.8. The number of nitrogens with one attached hydrogen (secondary N) is 2. The van der Waals surface area contributed by atoms with Gasteiger partial charge in [0.1, 0.15) is 6.54 Å². The summed E-state index contributed by atoms with van der Waals surface area (Å²) in [6.45, 7) is 7.14. The van der Waals surface area contributed by atoms with Gasteiger partial charge in [0.25, 0.3) is 0 Å². The molecule has 1 saturated heterocycles. The zero-order chi connectivity index (χ0) is 16.7. The van der Waals surface area contributed by atoms with Gasteiger partial charge in [-0.1, -0.05) is 13.8 Å². The van der Waals surface area contributed by atoms with Crippen molar-refractivity contribution < 1.29 is 19.2 Å². The minimum Gasteiger partial charge on any atom is -0.354 e. The zero-order valence-corrected chi connectivity index (χ0v) is 13.3. The highest BCUT2D eigenvalue weighted by atomic mass is 16.2. The number of piperazine rings is 1. The van der Waals surface area contributed by atoms with Crippen molar-refractivity contribution in [2.75, 3.05) is 39.3 Å². The van der Waals surface area contributed by atoms with E-state index >= 15 is 0 Å².